The molecule has 0 heterocycles. The SMILES string of the molecule is CCCCCCCCCCCCCCCCO.Cc1ccc(C=O)c(C)c1. The number of aryl methyl sites for hydroxylation is 2. The van der Waals surface area contributed by atoms with Crippen LogP contribution in [0.2, 0.25) is 0 Å². The molecule has 0 amide bonds. The molecule has 1 rings (SSSR count). The Morgan fingerprint density at radius 1 is 0.741 bits per heavy atom. The normalized spacial score (nSPS) is 10.4. The van der Waals surface area contributed by atoms with Crippen molar-refractivity contribution in [2.45, 2.75) is 111 Å². The van der Waals surface area contributed by atoms with Gasteiger partial charge in [0.2, 0.25) is 0 Å². The van der Waals surface area contributed by atoms with Crippen LogP contribution in [0.25, 0.3) is 0 Å². The highest BCUT2D eigenvalue weighted by atomic mass is 16.2. The molecule has 2 heteroatoms. The molecule has 1 aromatic carbocycles. The zero-order chi connectivity index (χ0) is 20.2. The molecular weight excluding hydrogens is 332 g/mol. The molecule has 0 saturated carbocycles. The molecule has 0 atom stereocenters. The van der Waals surface area contributed by atoms with Gasteiger partial charge in [0.1, 0.15) is 6.29 Å². The van der Waals surface area contributed by atoms with E-state index in [1.54, 1.807) is 0 Å². The van der Waals surface area contributed by atoms with Crippen molar-refractivity contribution in [3.05, 3.63) is 34.9 Å². The molecule has 0 fully saturated rings. The number of hydrogen-bond acceptors (Lipinski definition) is 2. The van der Waals surface area contributed by atoms with Gasteiger partial charge in [0.05, 0.1) is 0 Å². The van der Waals surface area contributed by atoms with Gasteiger partial charge in [0, 0.05) is 12.2 Å². The van der Waals surface area contributed by atoms with Gasteiger partial charge >= 0.3 is 0 Å². The van der Waals surface area contributed by atoms with Gasteiger partial charge < -0.3 is 5.11 Å². The summed E-state index contributed by atoms with van der Waals surface area (Å²) >= 11 is 0. The van der Waals surface area contributed by atoms with E-state index >= 15 is 0 Å². The average Bonchev–Trinajstić information content (AvgIpc) is 2.66. The van der Waals surface area contributed by atoms with Crippen LogP contribution in [0.15, 0.2) is 18.2 Å². The van der Waals surface area contributed by atoms with Crippen LogP contribution in [-0.2, 0) is 0 Å². The van der Waals surface area contributed by atoms with Crippen molar-refractivity contribution in [2.75, 3.05) is 6.61 Å². The Morgan fingerprint density at radius 3 is 1.56 bits per heavy atom. The quantitative estimate of drug-likeness (QED) is 0.253. The van der Waals surface area contributed by atoms with E-state index in [2.05, 4.69) is 6.92 Å². The molecule has 2 nitrogen and oxygen atoms in total. The lowest BCUT2D eigenvalue weighted by molar-refractivity contribution is 0.112. The Kier molecular flexibility index (Phi) is 18.8. The minimum Gasteiger partial charge on any atom is -0.396 e. The Bertz CT molecular complexity index is 440. The van der Waals surface area contributed by atoms with Crippen molar-refractivity contribution < 1.29 is 9.90 Å². The fraction of sp³-hybridized carbons (Fsp3) is 0.720. The van der Waals surface area contributed by atoms with Crippen LogP contribution in [0.5, 0.6) is 0 Å². The topological polar surface area (TPSA) is 37.3 Å². The molecule has 0 bridgehead atoms. The third-order valence-corrected chi connectivity index (χ3v) is 5.06. The zero-order valence-corrected chi connectivity index (χ0v) is 18.3. The first-order valence-corrected chi connectivity index (χ1v) is 11.3. The van der Waals surface area contributed by atoms with Crippen LogP contribution in [-0.4, -0.2) is 18.0 Å². The van der Waals surface area contributed by atoms with Crippen LogP contribution in [0, 0.1) is 13.8 Å². The number of hydrogen-bond donors (Lipinski definition) is 1. The summed E-state index contributed by atoms with van der Waals surface area (Å²) in [4.78, 5) is 10.3. The Balaban J connectivity index is 0.000000569. The molecule has 0 saturated heterocycles. The van der Waals surface area contributed by atoms with Crippen LogP contribution < -0.4 is 0 Å². The van der Waals surface area contributed by atoms with Crippen molar-refractivity contribution in [1.29, 1.82) is 0 Å². The highest BCUT2D eigenvalue weighted by Crippen LogP contribution is 2.12. The first-order chi connectivity index (χ1) is 13.2. The zero-order valence-electron chi connectivity index (χ0n) is 18.3. The molecule has 1 N–H and O–H groups in total. The van der Waals surface area contributed by atoms with Crippen molar-refractivity contribution in [3.8, 4) is 0 Å². The molecular formula is C25H44O2. The largest absolute Gasteiger partial charge is 0.396 e. The molecule has 27 heavy (non-hydrogen) atoms. The average molecular weight is 377 g/mol. The Labute approximate surface area is 168 Å². The summed E-state index contributed by atoms with van der Waals surface area (Å²) in [5.41, 5.74) is 3.03. The summed E-state index contributed by atoms with van der Waals surface area (Å²) in [7, 11) is 0. The highest BCUT2D eigenvalue weighted by Gasteiger charge is 1.94. The third-order valence-electron chi connectivity index (χ3n) is 5.06. The van der Waals surface area contributed by atoms with Gasteiger partial charge in [-0.1, -0.05) is 114 Å². The summed E-state index contributed by atoms with van der Waals surface area (Å²) < 4.78 is 0. The van der Waals surface area contributed by atoms with Gasteiger partial charge in [-0.15, -0.1) is 0 Å². The number of aliphatic hydroxyl groups excluding tert-OH is 1. The second kappa shape index (κ2) is 19.6. The van der Waals surface area contributed by atoms with Gasteiger partial charge in [-0.2, -0.15) is 0 Å². The Morgan fingerprint density at radius 2 is 1.19 bits per heavy atom. The predicted molar refractivity (Wildman–Crippen MR) is 119 cm³/mol. The lowest BCUT2D eigenvalue weighted by Gasteiger charge is -2.02. The number of aliphatic hydroxyl groups is 1. The molecule has 0 aromatic heterocycles. The van der Waals surface area contributed by atoms with E-state index in [1.165, 1.54) is 89.0 Å². The van der Waals surface area contributed by atoms with Crippen LogP contribution in [0.1, 0.15) is 118 Å². The van der Waals surface area contributed by atoms with Gasteiger partial charge in [-0.05, 0) is 25.8 Å². The number of unbranched alkanes of at least 4 members (excludes halogenated alkanes) is 13. The summed E-state index contributed by atoms with van der Waals surface area (Å²) in [5.74, 6) is 0. The molecule has 0 unspecified atom stereocenters. The number of rotatable bonds is 15. The lowest BCUT2D eigenvalue weighted by Crippen LogP contribution is -1.85. The predicted octanol–water partition coefficient (Wildman–Crippen LogP) is 7.58. The van der Waals surface area contributed by atoms with Gasteiger partial charge in [0.15, 0.2) is 0 Å². The first kappa shape index (κ1) is 25.9. The minimum atomic E-state index is 0.373. The van der Waals surface area contributed by atoms with E-state index in [-0.39, 0.29) is 0 Å². The third kappa shape index (κ3) is 16.7. The molecule has 0 radical (unpaired) electrons. The van der Waals surface area contributed by atoms with Crippen molar-refractivity contribution >= 4 is 6.29 Å². The maximum Gasteiger partial charge on any atom is 0.150 e. The summed E-state index contributed by atoms with van der Waals surface area (Å²) in [6.07, 6.45) is 20.1. The summed E-state index contributed by atoms with van der Waals surface area (Å²) in [6.45, 7) is 6.61. The number of carbonyl (C=O) groups excluding carboxylic acids is 1. The van der Waals surface area contributed by atoms with Gasteiger partial charge in [0.25, 0.3) is 0 Å². The molecule has 0 aliphatic carbocycles. The maximum atomic E-state index is 10.3. The van der Waals surface area contributed by atoms with Crippen molar-refractivity contribution in [2.24, 2.45) is 0 Å². The van der Waals surface area contributed by atoms with Gasteiger partial charge in [-0.25, -0.2) is 0 Å². The molecule has 0 aliphatic rings. The van der Waals surface area contributed by atoms with Crippen LogP contribution in [0.3, 0.4) is 0 Å². The standard InChI is InChI=1S/C16H34O.C9H10O/c1-2-3-4-5-6-7-8-9-10-11-12-13-14-15-16-17;1-7-3-4-9(6-10)8(2)5-7/h17H,2-16H2,1H3;3-6H,1-2H3. The summed E-state index contributed by atoms with van der Waals surface area (Å²) in [6, 6.07) is 5.79. The first-order valence-electron chi connectivity index (χ1n) is 11.3. The van der Waals surface area contributed by atoms with E-state index < -0.39 is 0 Å². The number of aldehydes is 1. The van der Waals surface area contributed by atoms with Crippen LogP contribution >= 0.6 is 0 Å². The monoisotopic (exact) mass is 376 g/mol. The maximum absolute atomic E-state index is 10.3. The van der Waals surface area contributed by atoms with E-state index in [1.807, 2.05) is 32.0 Å². The molecule has 0 spiro atoms. The van der Waals surface area contributed by atoms with E-state index in [4.69, 9.17) is 5.11 Å². The number of benzene rings is 1. The number of carbonyl (C=O) groups is 1. The fourth-order valence-corrected chi connectivity index (χ4v) is 3.26. The van der Waals surface area contributed by atoms with Gasteiger partial charge in [-0.3, -0.25) is 4.79 Å². The second-order valence-electron chi connectivity index (χ2n) is 7.80. The molecule has 1 aromatic rings. The Hall–Kier alpha value is -1.15. The van der Waals surface area contributed by atoms with E-state index in [0.717, 1.165) is 23.8 Å². The van der Waals surface area contributed by atoms with Crippen LogP contribution in [0.4, 0.5) is 0 Å². The van der Waals surface area contributed by atoms with Crippen molar-refractivity contribution in [1.82, 2.24) is 0 Å². The second-order valence-corrected chi connectivity index (χ2v) is 7.80. The molecule has 0 aliphatic heterocycles. The summed E-state index contributed by atoms with van der Waals surface area (Å²) in [5, 5.41) is 8.64. The van der Waals surface area contributed by atoms with Crippen molar-refractivity contribution in [3.63, 3.8) is 0 Å². The lowest BCUT2D eigenvalue weighted by atomic mass is 10.0. The fourth-order valence-electron chi connectivity index (χ4n) is 3.26. The van der Waals surface area contributed by atoms with E-state index in [9.17, 15) is 4.79 Å². The minimum absolute atomic E-state index is 0.373. The van der Waals surface area contributed by atoms with E-state index in [0.29, 0.717) is 6.61 Å². The highest BCUT2D eigenvalue weighted by molar-refractivity contribution is 5.77. The smallest absolute Gasteiger partial charge is 0.150 e. The molecule has 156 valence electrons.